The first kappa shape index (κ1) is 13.2. The molecule has 0 fully saturated rings. The van der Waals surface area contributed by atoms with Gasteiger partial charge in [0, 0.05) is 12.6 Å². The van der Waals surface area contributed by atoms with Crippen molar-refractivity contribution < 1.29 is 9.72 Å². The summed E-state index contributed by atoms with van der Waals surface area (Å²) in [6.45, 7) is 3.94. The van der Waals surface area contributed by atoms with Gasteiger partial charge in [0.1, 0.15) is 5.02 Å². The van der Waals surface area contributed by atoms with Crippen LogP contribution in [0.2, 0.25) is 5.02 Å². The van der Waals surface area contributed by atoms with Crippen molar-refractivity contribution in [3.63, 3.8) is 0 Å². The molecule has 0 spiro atoms. The Balaban J connectivity index is 2.90. The molecule has 1 amide bonds. The van der Waals surface area contributed by atoms with Gasteiger partial charge in [-0.3, -0.25) is 14.9 Å². The van der Waals surface area contributed by atoms with E-state index in [1.807, 2.05) is 0 Å². The fourth-order valence-electron chi connectivity index (χ4n) is 1.22. The summed E-state index contributed by atoms with van der Waals surface area (Å²) >= 11 is 5.79. The number of nitro groups is 1. The molecule has 0 bridgehead atoms. The Kier molecular flexibility index (Phi) is 4.66. The van der Waals surface area contributed by atoms with Crippen molar-refractivity contribution in [3.8, 4) is 0 Å². The summed E-state index contributed by atoms with van der Waals surface area (Å²) < 4.78 is 0. The standard InChI is InChI=1S/C11H11ClN2O3/c1-2-3-7-13-11(15)8-5-4-6-9(10(8)12)14(16)17/h2,4-6H,1,3,7H2,(H,13,15). The largest absolute Gasteiger partial charge is 0.352 e. The summed E-state index contributed by atoms with van der Waals surface area (Å²) in [7, 11) is 0. The highest BCUT2D eigenvalue weighted by Gasteiger charge is 2.19. The van der Waals surface area contributed by atoms with Crippen LogP contribution >= 0.6 is 11.6 Å². The van der Waals surface area contributed by atoms with Gasteiger partial charge < -0.3 is 5.32 Å². The van der Waals surface area contributed by atoms with Crippen molar-refractivity contribution in [2.24, 2.45) is 0 Å². The van der Waals surface area contributed by atoms with Gasteiger partial charge in [-0.2, -0.15) is 0 Å². The van der Waals surface area contributed by atoms with Crippen LogP contribution in [0.1, 0.15) is 16.8 Å². The molecule has 90 valence electrons. The van der Waals surface area contributed by atoms with E-state index in [-0.39, 0.29) is 16.3 Å². The first-order valence-electron chi connectivity index (χ1n) is 4.90. The van der Waals surface area contributed by atoms with Crippen LogP contribution in [0.15, 0.2) is 30.9 Å². The van der Waals surface area contributed by atoms with E-state index in [1.165, 1.54) is 18.2 Å². The zero-order valence-corrected chi connectivity index (χ0v) is 9.74. The SMILES string of the molecule is C=CCCNC(=O)c1cccc([N+](=O)[O-])c1Cl. The maximum Gasteiger partial charge on any atom is 0.288 e. The third-order valence-electron chi connectivity index (χ3n) is 2.05. The van der Waals surface area contributed by atoms with E-state index >= 15 is 0 Å². The van der Waals surface area contributed by atoms with Crippen molar-refractivity contribution >= 4 is 23.2 Å². The first-order valence-corrected chi connectivity index (χ1v) is 5.27. The predicted octanol–water partition coefficient (Wildman–Crippen LogP) is 2.55. The Morgan fingerprint density at radius 2 is 2.29 bits per heavy atom. The average molecular weight is 255 g/mol. The van der Waals surface area contributed by atoms with E-state index in [1.54, 1.807) is 6.08 Å². The molecule has 0 unspecified atom stereocenters. The van der Waals surface area contributed by atoms with E-state index in [0.717, 1.165) is 0 Å². The molecule has 1 rings (SSSR count). The number of nitro benzene ring substituents is 1. The average Bonchev–Trinajstić information content (AvgIpc) is 2.29. The number of rotatable bonds is 5. The number of amides is 1. The number of carbonyl (C=O) groups is 1. The summed E-state index contributed by atoms with van der Waals surface area (Å²) in [5, 5.41) is 13.1. The summed E-state index contributed by atoms with van der Waals surface area (Å²) in [5.41, 5.74) is -0.173. The van der Waals surface area contributed by atoms with Crippen LogP contribution in [0, 0.1) is 10.1 Å². The molecular formula is C11H11ClN2O3. The van der Waals surface area contributed by atoms with Crippen LogP contribution in [0.4, 0.5) is 5.69 Å². The smallest absolute Gasteiger partial charge is 0.288 e. The minimum atomic E-state index is -0.622. The number of carbonyl (C=O) groups excluding carboxylic acids is 1. The second-order valence-corrected chi connectivity index (χ2v) is 3.61. The molecule has 1 aromatic rings. The lowest BCUT2D eigenvalue weighted by Crippen LogP contribution is -2.24. The minimum absolute atomic E-state index is 0.102. The quantitative estimate of drug-likeness (QED) is 0.380. The van der Waals surface area contributed by atoms with Crippen molar-refractivity contribution in [1.29, 1.82) is 0 Å². The van der Waals surface area contributed by atoms with Gasteiger partial charge in [-0.25, -0.2) is 0 Å². The predicted molar refractivity (Wildman–Crippen MR) is 65.3 cm³/mol. The number of halogens is 1. The maximum absolute atomic E-state index is 11.7. The van der Waals surface area contributed by atoms with Crippen LogP contribution in [0.3, 0.4) is 0 Å². The molecule has 17 heavy (non-hydrogen) atoms. The molecule has 0 atom stereocenters. The number of benzene rings is 1. The number of nitrogens with zero attached hydrogens (tertiary/aromatic N) is 1. The molecule has 0 saturated carbocycles. The summed E-state index contributed by atoms with van der Waals surface area (Å²) in [6, 6.07) is 4.12. The number of hydrogen-bond acceptors (Lipinski definition) is 3. The van der Waals surface area contributed by atoms with E-state index in [4.69, 9.17) is 11.6 Å². The van der Waals surface area contributed by atoms with Gasteiger partial charge in [0.25, 0.3) is 11.6 Å². The Morgan fingerprint density at radius 3 is 2.88 bits per heavy atom. The molecule has 0 aliphatic carbocycles. The lowest BCUT2D eigenvalue weighted by Gasteiger charge is -2.05. The highest BCUT2D eigenvalue weighted by molar-refractivity contribution is 6.35. The van der Waals surface area contributed by atoms with Gasteiger partial charge in [-0.1, -0.05) is 23.7 Å². The van der Waals surface area contributed by atoms with Crippen molar-refractivity contribution in [3.05, 3.63) is 51.6 Å². The zero-order chi connectivity index (χ0) is 12.8. The second-order valence-electron chi connectivity index (χ2n) is 3.23. The van der Waals surface area contributed by atoms with Crippen LogP contribution < -0.4 is 5.32 Å². The molecular weight excluding hydrogens is 244 g/mol. The lowest BCUT2D eigenvalue weighted by atomic mass is 10.2. The van der Waals surface area contributed by atoms with Gasteiger partial charge in [0.2, 0.25) is 0 Å². The molecule has 0 aliphatic rings. The van der Waals surface area contributed by atoms with Crippen LogP contribution in [-0.2, 0) is 0 Å². The zero-order valence-electron chi connectivity index (χ0n) is 8.98. The van der Waals surface area contributed by atoms with Gasteiger partial charge in [-0.05, 0) is 12.5 Å². The van der Waals surface area contributed by atoms with E-state index < -0.39 is 10.8 Å². The lowest BCUT2D eigenvalue weighted by molar-refractivity contribution is -0.384. The van der Waals surface area contributed by atoms with Crippen LogP contribution in [-0.4, -0.2) is 17.4 Å². The molecule has 5 nitrogen and oxygen atoms in total. The fourth-order valence-corrected chi connectivity index (χ4v) is 1.50. The summed E-state index contributed by atoms with van der Waals surface area (Å²) in [4.78, 5) is 21.7. The van der Waals surface area contributed by atoms with Crippen molar-refractivity contribution in [1.82, 2.24) is 5.32 Å². The van der Waals surface area contributed by atoms with E-state index in [2.05, 4.69) is 11.9 Å². The summed E-state index contributed by atoms with van der Waals surface area (Å²) in [5.74, 6) is -0.430. The Hall–Kier alpha value is -1.88. The molecule has 0 radical (unpaired) electrons. The van der Waals surface area contributed by atoms with E-state index in [0.29, 0.717) is 13.0 Å². The molecule has 0 heterocycles. The first-order chi connectivity index (χ1) is 8.07. The van der Waals surface area contributed by atoms with Gasteiger partial charge in [0.05, 0.1) is 10.5 Å². The van der Waals surface area contributed by atoms with Gasteiger partial charge in [-0.15, -0.1) is 6.58 Å². The highest BCUT2D eigenvalue weighted by atomic mass is 35.5. The third-order valence-corrected chi connectivity index (χ3v) is 2.45. The number of hydrogen-bond donors (Lipinski definition) is 1. The van der Waals surface area contributed by atoms with Crippen molar-refractivity contribution in [2.45, 2.75) is 6.42 Å². The van der Waals surface area contributed by atoms with Gasteiger partial charge in [0.15, 0.2) is 0 Å². The Morgan fingerprint density at radius 1 is 1.59 bits per heavy atom. The van der Waals surface area contributed by atoms with Crippen LogP contribution in [0.25, 0.3) is 0 Å². The number of nitrogens with one attached hydrogen (secondary N) is 1. The molecule has 6 heteroatoms. The minimum Gasteiger partial charge on any atom is -0.352 e. The normalized spacial score (nSPS) is 9.71. The molecule has 0 aliphatic heterocycles. The highest BCUT2D eigenvalue weighted by Crippen LogP contribution is 2.27. The van der Waals surface area contributed by atoms with E-state index in [9.17, 15) is 14.9 Å². The molecule has 1 aromatic carbocycles. The molecule has 0 saturated heterocycles. The van der Waals surface area contributed by atoms with Gasteiger partial charge >= 0.3 is 0 Å². The third kappa shape index (κ3) is 3.29. The van der Waals surface area contributed by atoms with Crippen LogP contribution in [0.5, 0.6) is 0 Å². The maximum atomic E-state index is 11.7. The Bertz CT molecular complexity index is 460. The fraction of sp³-hybridized carbons (Fsp3) is 0.182. The summed E-state index contributed by atoms with van der Waals surface area (Å²) in [6.07, 6.45) is 2.29. The second kappa shape index (κ2) is 6.00. The monoisotopic (exact) mass is 254 g/mol. The molecule has 0 aromatic heterocycles. The topological polar surface area (TPSA) is 72.2 Å². The molecule has 1 N–H and O–H groups in total. The van der Waals surface area contributed by atoms with Crippen molar-refractivity contribution in [2.75, 3.05) is 6.54 Å². The Labute approximate surface area is 103 Å².